The number of rotatable bonds is 4. The summed E-state index contributed by atoms with van der Waals surface area (Å²) < 4.78 is 13.3. The zero-order chi connectivity index (χ0) is 16.4. The number of H-pyrrole nitrogens is 1. The van der Waals surface area contributed by atoms with E-state index >= 15 is 0 Å². The van der Waals surface area contributed by atoms with E-state index in [2.05, 4.69) is 25.6 Å². The quantitative estimate of drug-likeness (QED) is 0.743. The summed E-state index contributed by atoms with van der Waals surface area (Å²) in [4.78, 5) is 15.7. The molecule has 0 spiro atoms. The summed E-state index contributed by atoms with van der Waals surface area (Å²) >= 11 is 0. The molecule has 2 aromatic heterocycles. The van der Waals surface area contributed by atoms with Gasteiger partial charge in [0.2, 0.25) is 5.82 Å². The van der Waals surface area contributed by atoms with Crippen LogP contribution in [0.4, 0.5) is 5.69 Å². The third-order valence-corrected chi connectivity index (χ3v) is 3.48. The van der Waals surface area contributed by atoms with Gasteiger partial charge in [-0.05, 0) is 12.1 Å². The van der Waals surface area contributed by atoms with Crippen molar-refractivity contribution in [1.29, 1.82) is 0 Å². The van der Waals surface area contributed by atoms with Gasteiger partial charge in [0.1, 0.15) is 12.9 Å². The summed E-state index contributed by atoms with van der Waals surface area (Å²) in [5.74, 6) is 1.23. The first-order valence-electron chi connectivity index (χ1n) is 7.35. The Hall–Kier alpha value is -3.36. The number of nitrogens with one attached hydrogen (secondary N) is 2. The lowest BCUT2D eigenvalue weighted by molar-refractivity contribution is 0.0759. The molecule has 0 aliphatic carbocycles. The molecule has 1 unspecified atom stereocenters. The highest BCUT2D eigenvalue weighted by Crippen LogP contribution is 2.31. The van der Waals surface area contributed by atoms with Crippen LogP contribution in [0.15, 0.2) is 43.0 Å². The Bertz CT molecular complexity index is 845. The zero-order valence-electron chi connectivity index (χ0n) is 12.5. The molecule has 3 heterocycles. The van der Waals surface area contributed by atoms with Crippen LogP contribution >= 0.6 is 0 Å². The lowest BCUT2D eigenvalue weighted by Crippen LogP contribution is -2.33. The predicted molar refractivity (Wildman–Crippen MR) is 82.9 cm³/mol. The summed E-state index contributed by atoms with van der Waals surface area (Å²) in [5.41, 5.74) is 0.563. The summed E-state index contributed by atoms with van der Waals surface area (Å²) in [6.45, 7) is 0.948. The molecular weight excluding hydrogens is 312 g/mol. The second kappa shape index (κ2) is 6.03. The molecule has 0 radical (unpaired) electrons. The maximum atomic E-state index is 11.9. The van der Waals surface area contributed by atoms with Crippen molar-refractivity contribution in [3.05, 3.63) is 48.8 Å². The Morgan fingerprint density at radius 1 is 1.38 bits per heavy atom. The van der Waals surface area contributed by atoms with Crippen molar-refractivity contribution in [3.63, 3.8) is 0 Å². The van der Waals surface area contributed by atoms with Crippen LogP contribution in [0.1, 0.15) is 10.6 Å². The van der Waals surface area contributed by atoms with E-state index < -0.39 is 0 Å². The zero-order valence-corrected chi connectivity index (χ0v) is 12.5. The Kier molecular flexibility index (Phi) is 3.58. The van der Waals surface area contributed by atoms with Gasteiger partial charge >= 0.3 is 0 Å². The maximum Gasteiger partial charge on any atom is 0.293 e. The molecule has 2 N–H and O–H groups in total. The van der Waals surface area contributed by atoms with Gasteiger partial charge in [-0.2, -0.15) is 10.2 Å². The number of fused-ring (bicyclic) bond motifs is 1. The molecule has 3 aromatic rings. The van der Waals surface area contributed by atoms with Crippen LogP contribution in [0.2, 0.25) is 0 Å². The molecule has 0 saturated carbocycles. The van der Waals surface area contributed by atoms with Gasteiger partial charge in [-0.1, -0.05) is 12.1 Å². The standard InChI is InChI=1S/C15H14N6O3/c22-15(14-16-9-17-20-14)19-10-5-18-21(6-10)7-11-8-23-12-3-1-2-4-13(12)24-11/h1-6,9,11H,7-8H2,(H,19,22)(H,16,17,20). The molecule has 0 fully saturated rings. The van der Waals surface area contributed by atoms with E-state index in [1.165, 1.54) is 6.33 Å². The molecule has 1 atom stereocenters. The molecule has 122 valence electrons. The molecule has 1 aliphatic rings. The van der Waals surface area contributed by atoms with E-state index in [0.717, 1.165) is 11.5 Å². The highest BCUT2D eigenvalue weighted by atomic mass is 16.6. The number of hydrogen-bond donors (Lipinski definition) is 2. The van der Waals surface area contributed by atoms with Crippen molar-refractivity contribution in [2.45, 2.75) is 12.6 Å². The number of nitrogens with zero attached hydrogens (tertiary/aromatic N) is 4. The van der Waals surface area contributed by atoms with Gasteiger partial charge in [0.25, 0.3) is 5.91 Å². The number of ether oxygens (including phenoxy) is 2. The lowest BCUT2D eigenvalue weighted by Gasteiger charge is -2.26. The highest BCUT2D eigenvalue weighted by Gasteiger charge is 2.21. The number of aromatic nitrogens is 5. The van der Waals surface area contributed by atoms with Gasteiger partial charge in [0.15, 0.2) is 17.6 Å². The Morgan fingerprint density at radius 2 is 2.25 bits per heavy atom. The van der Waals surface area contributed by atoms with E-state index in [-0.39, 0.29) is 17.8 Å². The summed E-state index contributed by atoms with van der Waals surface area (Å²) in [5, 5.41) is 13.1. The first-order chi connectivity index (χ1) is 11.8. The van der Waals surface area contributed by atoms with Gasteiger partial charge in [-0.15, -0.1) is 0 Å². The predicted octanol–water partition coefficient (Wildman–Crippen LogP) is 1.09. The second-order valence-corrected chi connectivity index (χ2v) is 5.24. The second-order valence-electron chi connectivity index (χ2n) is 5.24. The van der Waals surface area contributed by atoms with Gasteiger partial charge < -0.3 is 14.8 Å². The molecule has 1 amide bonds. The van der Waals surface area contributed by atoms with Crippen LogP contribution in [-0.4, -0.2) is 43.6 Å². The first kappa shape index (κ1) is 14.2. The number of aromatic amines is 1. The Labute approximate surface area is 136 Å². The Balaban J connectivity index is 1.38. The number of amides is 1. The fraction of sp³-hybridized carbons (Fsp3) is 0.200. The molecule has 1 aliphatic heterocycles. The maximum absolute atomic E-state index is 11.9. The summed E-state index contributed by atoms with van der Waals surface area (Å²) in [6.07, 6.45) is 4.40. The van der Waals surface area contributed by atoms with Crippen molar-refractivity contribution in [2.24, 2.45) is 0 Å². The van der Waals surface area contributed by atoms with E-state index in [1.807, 2.05) is 24.3 Å². The third-order valence-electron chi connectivity index (χ3n) is 3.48. The van der Waals surface area contributed by atoms with Gasteiger partial charge in [-0.3, -0.25) is 14.6 Å². The minimum atomic E-state index is -0.377. The molecule has 4 rings (SSSR count). The smallest absolute Gasteiger partial charge is 0.293 e. The highest BCUT2D eigenvalue weighted by molar-refractivity contribution is 6.01. The van der Waals surface area contributed by atoms with E-state index in [4.69, 9.17) is 9.47 Å². The lowest BCUT2D eigenvalue weighted by atomic mass is 10.2. The Morgan fingerprint density at radius 3 is 3.08 bits per heavy atom. The van der Waals surface area contributed by atoms with Crippen LogP contribution in [0.25, 0.3) is 0 Å². The van der Waals surface area contributed by atoms with Crippen LogP contribution < -0.4 is 14.8 Å². The topological polar surface area (TPSA) is 107 Å². The van der Waals surface area contributed by atoms with E-state index in [1.54, 1.807) is 17.1 Å². The molecular formula is C15H14N6O3. The number of hydrogen-bond acceptors (Lipinski definition) is 6. The summed E-state index contributed by atoms with van der Waals surface area (Å²) in [7, 11) is 0. The van der Waals surface area contributed by atoms with Gasteiger partial charge in [-0.25, -0.2) is 4.98 Å². The number of benzene rings is 1. The molecule has 1 aromatic carbocycles. The largest absolute Gasteiger partial charge is 0.486 e. The van der Waals surface area contributed by atoms with Crippen LogP contribution in [0.3, 0.4) is 0 Å². The SMILES string of the molecule is O=C(Nc1cnn(CC2COc3ccccc3O2)c1)c1ncn[nH]1. The number of anilines is 1. The van der Waals surface area contributed by atoms with Crippen molar-refractivity contribution in [3.8, 4) is 11.5 Å². The van der Waals surface area contributed by atoms with Crippen molar-refractivity contribution >= 4 is 11.6 Å². The third kappa shape index (κ3) is 2.91. The molecule has 24 heavy (non-hydrogen) atoms. The molecule has 0 saturated heterocycles. The average molecular weight is 326 g/mol. The van der Waals surface area contributed by atoms with Crippen molar-refractivity contribution in [2.75, 3.05) is 11.9 Å². The number of carbonyl (C=O) groups is 1. The average Bonchev–Trinajstić information content (AvgIpc) is 3.27. The number of carbonyl (C=O) groups excluding carboxylic acids is 1. The van der Waals surface area contributed by atoms with Crippen LogP contribution in [-0.2, 0) is 6.54 Å². The minimum Gasteiger partial charge on any atom is -0.486 e. The van der Waals surface area contributed by atoms with E-state index in [9.17, 15) is 4.79 Å². The first-order valence-corrected chi connectivity index (χ1v) is 7.35. The monoisotopic (exact) mass is 326 g/mol. The van der Waals surface area contributed by atoms with Crippen molar-refractivity contribution < 1.29 is 14.3 Å². The van der Waals surface area contributed by atoms with E-state index in [0.29, 0.717) is 18.8 Å². The number of para-hydroxylation sites is 2. The van der Waals surface area contributed by atoms with Gasteiger partial charge in [0.05, 0.1) is 18.4 Å². The molecule has 0 bridgehead atoms. The van der Waals surface area contributed by atoms with Crippen LogP contribution in [0.5, 0.6) is 11.5 Å². The van der Waals surface area contributed by atoms with Gasteiger partial charge in [0, 0.05) is 6.20 Å². The normalized spacial score (nSPS) is 15.9. The molecule has 9 heteroatoms. The van der Waals surface area contributed by atoms with Crippen molar-refractivity contribution in [1.82, 2.24) is 25.0 Å². The molecule has 9 nitrogen and oxygen atoms in total. The fourth-order valence-electron chi connectivity index (χ4n) is 2.39. The van der Waals surface area contributed by atoms with Crippen LogP contribution in [0, 0.1) is 0 Å². The minimum absolute atomic E-state index is 0.142. The fourth-order valence-corrected chi connectivity index (χ4v) is 2.39. The summed E-state index contributed by atoms with van der Waals surface area (Å²) in [6, 6.07) is 7.54.